The number of nitrogens with zero attached hydrogens (tertiary/aromatic N) is 1. The number of rotatable bonds is 6. The molecule has 6 atom stereocenters. The van der Waals surface area contributed by atoms with E-state index in [4.69, 9.17) is 9.94 Å². The molecule has 200 valence electrons. The third-order valence-electron chi connectivity index (χ3n) is 11.1. The Morgan fingerprint density at radius 1 is 1.03 bits per heavy atom. The number of aliphatic hydroxyl groups excluding tert-OH is 1. The largest absolute Gasteiger partial charge is 0.481 e. The summed E-state index contributed by atoms with van der Waals surface area (Å²) in [6, 6.07) is 0. The smallest absolute Gasteiger partial charge is 0.306 e. The van der Waals surface area contributed by atoms with Crippen LogP contribution in [0.15, 0.2) is 16.8 Å². The predicted molar refractivity (Wildman–Crippen MR) is 137 cm³/mol. The summed E-state index contributed by atoms with van der Waals surface area (Å²) in [4.78, 5) is 28.8. The molecule has 0 aliphatic heterocycles. The van der Waals surface area contributed by atoms with Crippen LogP contribution >= 0.6 is 0 Å². The first kappa shape index (κ1) is 25.7. The zero-order valence-electron chi connectivity index (χ0n) is 22.0. The minimum atomic E-state index is -0.702. The number of carbonyl (C=O) groups excluding carboxylic acids is 1. The lowest BCUT2D eigenvalue weighted by atomic mass is 9.47. The van der Waals surface area contributed by atoms with Gasteiger partial charge in [-0.2, -0.15) is 0 Å². The van der Waals surface area contributed by atoms with E-state index in [0.29, 0.717) is 37.1 Å². The molecule has 1 amide bonds. The van der Waals surface area contributed by atoms with E-state index < -0.39 is 5.97 Å². The zero-order valence-corrected chi connectivity index (χ0v) is 22.0. The molecule has 36 heavy (non-hydrogen) atoms. The van der Waals surface area contributed by atoms with E-state index in [1.165, 1.54) is 24.8 Å². The predicted octanol–water partition coefficient (Wildman–Crippen LogP) is 4.69. The highest BCUT2D eigenvalue weighted by molar-refractivity contribution is 5.96. The SMILES string of the molecule is C[C@]12CC[C@H]3[C@@H](CCC4=C/C(=N/OCC(=O)NCC5CCC(C(=O)O)CC5)CC[C@@]43C)[C@@H]1CC[C@H]2O. The molecular formula is C29H44N2O5. The molecule has 0 saturated heterocycles. The fraction of sp³-hybridized carbons (Fsp3) is 0.828. The number of carboxylic acid groups (broad SMARTS) is 1. The molecule has 7 nitrogen and oxygen atoms in total. The molecule has 5 aliphatic carbocycles. The summed E-state index contributed by atoms with van der Waals surface area (Å²) in [5.41, 5.74) is 2.78. The van der Waals surface area contributed by atoms with Crippen LogP contribution in [0.3, 0.4) is 0 Å². The molecule has 0 aromatic heterocycles. The van der Waals surface area contributed by atoms with E-state index in [9.17, 15) is 14.7 Å². The van der Waals surface area contributed by atoms with Crippen LogP contribution in [-0.4, -0.2) is 47.1 Å². The summed E-state index contributed by atoms with van der Waals surface area (Å²) in [6.45, 7) is 5.29. The molecule has 0 aromatic carbocycles. The first-order chi connectivity index (χ1) is 17.2. The monoisotopic (exact) mass is 500 g/mol. The number of allylic oxidation sites excluding steroid dienone is 2. The van der Waals surface area contributed by atoms with Crippen LogP contribution in [0.1, 0.15) is 90.9 Å². The summed E-state index contributed by atoms with van der Waals surface area (Å²) in [5, 5.41) is 27.0. The van der Waals surface area contributed by atoms with Gasteiger partial charge >= 0.3 is 5.97 Å². The maximum absolute atomic E-state index is 12.2. The van der Waals surface area contributed by atoms with Crippen LogP contribution in [-0.2, 0) is 14.4 Å². The Balaban J connectivity index is 1.11. The number of aliphatic hydroxyl groups is 1. The molecule has 0 spiro atoms. The number of aliphatic carboxylic acids is 1. The van der Waals surface area contributed by atoms with E-state index in [1.54, 1.807) is 0 Å². The lowest BCUT2D eigenvalue weighted by Gasteiger charge is -2.57. The summed E-state index contributed by atoms with van der Waals surface area (Å²) < 4.78 is 0. The summed E-state index contributed by atoms with van der Waals surface area (Å²) in [7, 11) is 0. The van der Waals surface area contributed by atoms with Gasteiger partial charge in [0.15, 0.2) is 6.61 Å². The van der Waals surface area contributed by atoms with Gasteiger partial charge in [-0.25, -0.2) is 0 Å². The molecule has 5 rings (SSSR count). The third kappa shape index (κ3) is 4.72. The van der Waals surface area contributed by atoms with Crippen molar-refractivity contribution in [2.24, 2.45) is 45.6 Å². The maximum atomic E-state index is 12.2. The van der Waals surface area contributed by atoms with Gasteiger partial charge in [-0.15, -0.1) is 0 Å². The van der Waals surface area contributed by atoms with Crippen molar-refractivity contribution in [3.63, 3.8) is 0 Å². The van der Waals surface area contributed by atoms with Crippen LogP contribution in [0, 0.1) is 40.4 Å². The highest BCUT2D eigenvalue weighted by atomic mass is 16.6. The molecule has 0 heterocycles. The minimum Gasteiger partial charge on any atom is -0.481 e. The third-order valence-corrected chi connectivity index (χ3v) is 11.1. The van der Waals surface area contributed by atoms with Gasteiger partial charge < -0.3 is 20.4 Å². The van der Waals surface area contributed by atoms with Gasteiger partial charge in [0.25, 0.3) is 5.91 Å². The number of hydrogen-bond acceptors (Lipinski definition) is 5. The summed E-state index contributed by atoms with van der Waals surface area (Å²) in [6.07, 6.45) is 14.0. The Kier molecular flexibility index (Phi) is 7.23. The van der Waals surface area contributed by atoms with E-state index in [0.717, 1.165) is 56.6 Å². The minimum absolute atomic E-state index is 0.0816. The fourth-order valence-corrected chi connectivity index (χ4v) is 8.71. The lowest BCUT2D eigenvalue weighted by Crippen LogP contribution is -2.51. The second-order valence-electron chi connectivity index (χ2n) is 12.9. The Morgan fingerprint density at radius 2 is 1.81 bits per heavy atom. The van der Waals surface area contributed by atoms with Crippen LogP contribution in [0.25, 0.3) is 0 Å². The number of carboxylic acids is 1. The Hall–Kier alpha value is -1.89. The summed E-state index contributed by atoms with van der Waals surface area (Å²) >= 11 is 0. The number of amides is 1. The second kappa shape index (κ2) is 10.1. The molecule has 3 N–H and O–H groups in total. The molecule has 0 radical (unpaired) electrons. The topological polar surface area (TPSA) is 108 Å². The Morgan fingerprint density at radius 3 is 2.56 bits per heavy atom. The van der Waals surface area contributed by atoms with Gasteiger partial charge in [0, 0.05) is 6.54 Å². The van der Waals surface area contributed by atoms with Gasteiger partial charge in [0.1, 0.15) is 0 Å². The van der Waals surface area contributed by atoms with Crippen LogP contribution in [0.2, 0.25) is 0 Å². The van der Waals surface area contributed by atoms with Crippen molar-refractivity contribution in [1.29, 1.82) is 0 Å². The first-order valence-corrected chi connectivity index (χ1v) is 14.3. The van der Waals surface area contributed by atoms with E-state index in [2.05, 4.69) is 30.4 Å². The fourth-order valence-electron chi connectivity index (χ4n) is 8.71. The van der Waals surface area contributed by atoms with Crippen molar-refractivity contribution >= 4 is 17.6 Å². The Labute approximate surface area is 215 Å². The van der Waals surface area contributed by atoms with Crippen LogP contribution in [0.5, 0.6) is 0 Å². The van der Waals surface area contributed by atoms with Gasteiger partial charge in [0.05, 0.1) is 17.7 Å². The molecule has 4 fully saturated rings. The quantitative estimate of drug-likeness (QED) is 0.459. The lowest BCUT2D eigenvalue weighted by molar-refractivity contribution is -0.143. The van der Waals surface area contributed by atoms with Crippen molar-refractivity contribution in [1.82, 2.24) is 5.32 Å². The van der Waals surface area contributed by atoms with Gasteiger partial charge in [-0.3, -0.25) is 9.59 Å². The second-order valence-corrected chi connectivity index (χ2v) is 12.9. The molecule has 7 heteroatoms. The molecule has 0 unspecified atom stereocenters. The molecular weight excluding hydrogens is 456 g/mol. The highest BCUT2D eigenvalue weighted by Crippen LogP contribution is 2.65. The standard InChI is InChI=1S/C29H44N2O5/c1-28-13-11-21(31-36-17-26(33)30-16-18-3-5-19(6-4-18)27(34)35)15-20(28)7-8-22-23-9-10-25(32)29(23,2)14-12-24(22)28/h15,18-19,22-25,32H,3-14,16-17H2,1-2H3,(H,30,33)(H,34,35)/b31-21+/t18?,19?,22-,23-,24-,25+,28-,29-/m0/s1. The van der Waals surface area contributed by atoms with Gasteiger partial charge in [-0.05, 0) is 118 Å². The van der Waals surface area contributed by atoms with E-state index in [1.807, 2.05) is 0 Å². The van der Waals surface area contributed by atoms with Crippen molar-refractivity contribution in [2.45, 2.75) is 97.0 Å². The van der Waals surface area contributed by atoms with Crippen LogP contribution < -0.4 is 5.32 Å². The Bertz CT molecular complexity index is 923. The zero-order chi connectivity index (χ0) is 25.5. The van der Waals surface area contributed by atoms with Crippen LogP contribution in [0.4, 0.5) is 0 Å². The van der Waals surface area contributed by atoms with E-state index in [-0.39, 0.29) is 35.4 Å². The highest BCUT2D eigenvalue weighted by Gasteiger charge is 2.58. The van der Waals surface area contributed by atoms with Gasteiger partial charge in [-0.1, -0.05) is 24.6 Å². The molecule has 0 aromatic rings. The molecule has 4 saturated carbocycles. The number of carbonyl (C=O) groups is 2. The first-order valence-electron chi connectivity index (χ1n) is 14.3. The number of nitrogens with one attached hydrogen (secondary N) is 1. The van der Waals surface area contributed by atoms with Crippen molar-refractivity contribution < 1.29 is 24.6 Å². The number of hydrogen-bond donors (Lipinski definition) is 3. The number of fused-ring (bicyclic) bond motifs is 5. The molecule has 5 aliphatic rings. The van der Waals surface area contributed by atoms with Gasteiger partial charge in [0.2, 0.25) is 0 Å². The van der Waals surface area contributed by atoms with Crippen molar-refractivity contribution in [3.05, 3.63) is 11.6 Å². The van der Waals surface area contributed by atoms with Crippen molar-refractivity contribution in [2.75, 3.05) is 13.2 Å². The molecule has 0 bridgehead atoms. The van der Waals surface area contributed by atoms with E-state index >= 15 is 0 Å². The summed E-state index contributed by atoms with van der Waals surface area (Å²) in [5.74, 6) is 1.32. The maximum Gasteiger partial charge on any atom is 0.306 e. The average Bonchev–Trinajstić information content (AvgIpc) is 3.17. The normalized spacial score (nSPS) is 43.1. The van der Waals surface area contributed by atoms with Crippen molar-refractivity contribution in [3.8, 4) is 0 Å². The number of oxime groups is 1. The average molecular weight is 501 g/mol.